The van der Waals surface area contributed by atoms with E-state index in [1.807, 2.05) is 0 Å². The molecule has 0 aromatic carbocycles. The molecule has 31 heavy (non-hydrogen) atoms. The van der Waals surface area contributed by atoms with Crippen LogP contribution in [0.15, 0.2) is 21.2 Å². The molecule has 1 aliphatic carbocycles. The second kappa shape index (κ2) is 8.16. The van der Waals surface area contributed by atoms with Crippen molar-refractivity contribution in [3.63, 3.8) is 0 Å². The van der Waals surface area contributed by atoms with Crippen LogP contribution in [0.2, 0.25) is 0 Å². The van der Waals surface area contributed by atoms with Gasteiger partial charge in [-0.2, -0.15) is 0 Å². The smallest absolute Gasteiger partial charge is 0.191 e. The first-order valence-electron chi connectivity index (χ1n) is 10.9. The highest BCUT2D eigenvalue weighted by molar-refractivity contribution is 7.94. The number of ether oxygens (including phenoxy) is 1. The molecule has 0 atom stereocenters. The van der Waals surface area contributed by atoms with Crippen molar-refractivity contribution in [3.05, 3.63) is 35.4 Å². The predicted molar refractivity (Wildman–Crippen MR) is 113 cm³/mol. The lowest BCUT2D eigenvalue weighted by Gasteiger charge is -2.30. The van der Waals surface area contributed by atoms with Gasteiger partial charge in [-0.1, -0.05) is 18.0 Å². The van der Waals surface area contributed by atoms with E-state index in [0.29, 0.717) is 43.4 Å². The van der Waals surface area contributed by atoms with Crippen molar-refractivity contribution in [2.45, 2.75) is 81.1 Å². The zero-order valence-corrected chi connectivity index (χ0v) is 19.2. The number of carbonyl (C=O) groups is 1. The molecule has 8 nitrogen and oxygen atoms in total. The third-order valence-corrected chi connectivity index (χ3v) is 9.92. The molecule has 0 N–H and O–H groups in total. The summed E-state index contributed by atoms with van der Waals surface area (Å²) in [6.07, 6.45) is 6.28. The zero-order valence-electron chi connectivity index (χ0n) is 18.3. The number of hydrogen-bond donors (Lipinski definition) is 0. The molecule has 2 aliphatic rings. The molecule has 0 spiro atoms. The molecule has 0 radical (unpaired) electrons. The predicted octanol–water partition coefficient (Wildman–Crippen LogP) is 3.32. The van der Waals surface area contributed by atoms with Crippen LogP contribution >= 0.6 is 0 Å². The van der Waals surface area contributed by atoms with Gasteiger partial charge in [0, 0.05) is 26.2 Å². The van der Waals surface area contributed by atoms with Gasteiger partial charge in [-0.3, -0.25) is 4.79 Å². The Morgan fingerprint density at radius 1 is 1.23 bits per heavy atom. The number of ketones is 1. The summed E-state index contributed by atoms with van der Waals surface area (Å²) in [6, 6.07) is 1.78. The first-order valence-corrected chi connectivity index (χ1v) is 12.4. The Balaban J connectivity index is 1.55. The summed E-state index contributed by atoms with van der Waals surface area (Å²) in [5.74, 6) is 1.34. The van der Waals surface area contributed by atoms with Crippen molar-refractivity contribution >= 4 is 15.6 Å². The van der Waals surface area contributed by atoms with Crippen LogP contribution in [0, 0.1) is 6.92 Å². The Kier molecular flexibility index (Phi) is 5.85. The van der Waals surface area contributed by atoms with E-state index >= 15 is 0 Å². The number of nitrogens with zero attached hydrogens (tertiary/aromatic N) is 2. The van der Waals surface area contributed by atoms with Gasteiger partial charge in [0.25, 0.3) is 0 Å². The van der Waals surface area contributed by atoms with Gasteiger partial charge >= 0.3 is 0 Å². The normalized spacial score (nSPS) is 20.2. The van der Waals surface area contributed by atoms with Crippen LogP contribution in [0.3, 0.4) is 0 Å². The standard InChI is InChI=1S/C22H30N2O6S/c1-15-23-14-20(29-15)22(8-4-5-9-22)18-12-16(30-24-18)13-19(25)21(2,3)31(26,27)17-6-10-28-11-7-17/h12,14,17H,4-11,13H2,1-3H3. The quantitative estimate of drug-likeness (QED) is 0.631. The summed E-state index contributed by atoms with van der Waals surface area (Å²) >= 11 is 0. The van der Waals surface area contributed by atoms with Crippen molar-refractivity contribution in [2.75, 3.05) is 13.2 Å². The van der Waals surface area contributed by atoms with E-state index in [0.717, 1.165) is 31.4 Å². The molecular weight excluding hydrogens is 420 g/mol. The topological polar surface area (TPSA) is 112 Å². The average Bonchev–Trinajstić information content (AvgIpc) is 3.49. The van der Waals surface area contributed by atoms with Crippen LogP contribution < -0.4 is 0 Å². The number of carbonyl (C=O) groups excluding carboxylic acids is 1. The minimum absolute atomic E-state index is 0.117. The van der Waals surface area contributed by atoms with E-state index < -0.39 is 31.0 Å². The molecule has 170 valence electrons. The van der Waals surface area contributed by atoms with E-state index in [9.17, 15) is 13.2 Å². The Morgan fingerprint density at radius 3 is 2.52 bits per heavy atom. The average molecular weight is 451 g/mol. The highest BCUT2D eigenvalue weighted by Crippen LogP contribution is 2.46. The van der Waals surface area contributed by atoms with Gasteiger partial charge in [0.1, 0.15) is 16.3 Å². The second-order valence-electron chi connectivity index (χ2n) is 9.18. The molecule has 2 fully saturated rings. The first kappa shape index (κ1) is 22.2. The molecule has 1 saturated heterocycles. The summed E-state index contributed by atoms with van der Waals surface area (Å²) in [5.41, 5.74) is 0.310. The molecule has 3 heterocycles. The molecule has 0 unspecified atom stereocenters. The summed E-state index contributed by atoms with van der Waals surface area (Å²) in [6.45, 7) is 5.60. The van der Waals surface area contributed by atoms with E-state index in [1.165, 1.54) is 13.8 Å². The maximum atomic E-state index is 13.1. The molecule has 2 aromatic rings. The zero-order chi connectivity index (χ0) is 22.3. The SMILES string of the molecule is Cc1ncc(C2(c3cc(CC(=O)C(C)(C)S(=O)(=O)C4CCOCC4)on3)CCCC2)o1. The van der Waals surface area contributed by atoms with E-state index in [4.69, 9.17) is 13.7 Å². The lowest BCUT2D eigenvalue weighted by Crippen LogP contribution is -2.48. The van der Waals surface area contributed by atoms with Gasteiger partial charge in [0.15, 0.2) is 21.5 Å². The second-order valence-corrected chi connectivity index (χ2v) is 12.0. The van der Waals surface area contributed by atoms with Crippen molar-refractivity contribution in [2.24, 2.45) is 0 Å². The highest BCUT2D eigenvalue weighted by Gasteiger charge is 2.47. The van der Waals surface area contributed by atoms with Crippen LogP contribution in [-0.2, 0) is 31.2 Å². The fourth-order valence-electron chi connectivity index (χ4n) is 4.74. The molecular formula is C22H30N2O6S. The third-order valence-electron chi connectivity index (χ3n) is 6.92. The fraction of sp³-hybridized carbons (Fsp3) is 0.682. The number of aromatic nitrogens is 2. The van der Waals surface area contributed by atoms with Crippen molar-refractivity contribution in [1.29, 1.82) is 0 Å². The minimum atomic E-state index is -3.66. The summed E-state index contributed by atoms with van der Waals surface area (Å²) in [5, 5.41) is 3.71. The number of hydrogen-bond acceptors (Lipinski definition) is 8. The van der Waals surface area contributed by atoms with Crippen LogP contribution in [0.5, 0.6) is 0 Å². The van der Waals surface area contributed by atoms with Gasteiger partial charge in [0.05, 0.1) is 29.0 Å². The van der Waals surface area contributed by atoms with Crippen molar-refractivity contribution in [3.8, 4) is 0 Å². The molecule has 1 aliphatic heterocycles. The molecule has 0 amide bonds. The molecule has 1 saturated carbocycles. The summed E-state index contributed by atoms with van der Waals surface area (Å²) < 4.78 is 41.4. The highest BCUT2D eigenvalue weighted by atomic mass is 32.2. The molecule has 4 rings (SSSR count). The van der Waals surface area contributed by atoms with Crippen molar-refractivity contribution < 1.29 is 26.9 Å². The Bertz CT molecular complexity index is 1040. The van der Waals surface area contributed by atoms with Crippen LogP contribution in [0.1, 0.15) is 75.5 Å². The largest absolute Gasteiger partial charge is 0.445 e. The van der Waals surface area contributed by atoms with Gasteiger partial charge in [-0.25, -0.2) is 13.4 Å². The monoisotopic (exact) mass is 450 g/mol. The van der Waals surface area contributed by atoms with E-state index in [-0.39, 0.29) is 6.42 Å². The van der Waals surface area contributed by atoms with Crippen LogP contribution in [0.25, 0.3) is 0 Å². The number of sulfone groups is 1. The number of rotatable bonds is 7. The van der Waals surface area contributed by atoms with Gasteiger partial charge in [-0.15, -0.1) is 0 Å². The van der Waals surface area contributed by atoms with Gasteiger partial charge in [0.2, 0.25) is 0 Å². The summed E-state index contributed by atoms with van der Waals surface area (Å²) in [4.78, 5) is 17.3. The first-order chi connectivity index (χ1) is 14.7. The Morgan fingerprint density at radius 2 is 1.90 bits per heavy atom. The Hall–Kier alpha value is -2.00. The van der Waals surface area contributed by atoms with Crippen LogP contribution in [-0.4, -0.2) is 47.6 Å². The number of oxazole rings is 1. The third kappa shape index (κ3) is 3.86. The van der Waals surface area contributed by atoms with Gasteiger partial charge in [-0.05, 0) is 39.5 Å². The maximum absolute atomic E-state index is 13.1. The number of aryl methyl sites for hydroxylation is 1. The lowest BCUT2D eigenvalue weighted by atomic mass is 9.80. The minimum Gasteiger partial charge on any atom is -0.445 e. The van der Waals surface area contributed by atoms with E-state index in [2.05, 4.69) is 10.1 Å². The lowest BCUT2D eigenvalue weighted by molar-refractivity contribution is -0.120. The molecule has 2 aromatic heterocycles. The summed E-state index contributed by atoms with van der Waals surface area (Å²) in [7, 11) is -3.66. The Labute approximate surface area is 182 Å². The number of Topliss-reactive ketones (excluding diaryl/α,β-unsaturated/α-hetero) is 1. The van der Waals surface area contributed by atoms with Crippen molar-refractivity contribution in [1.82, 2.24) is 10.1 Å². The molecule has 9 heteroatoms. The maximum Gasteiger partial charge on any atom is 0.191 e. The van der Waals surface area contributed by atoms with Gasteiger partial charge < -0.3 is 13.7 Å². The molecule has 0 bridgehead atoms. The van der Waals surface area contributed by atoms with E-state index in [1.54, 1.807) is 19.2 Å². The fourth-order valence-corrected chi connectivity index (χ4v) is 6.78. The van der Waals surface area contributed by atoms with Crippen LogP contribution in [0.4, 0.5) is 0 Å².